The van der Waals surface area contributed by atoms with Gasteiger partial charge in [-0.1, -0.05) is 39.8 Å². The zero-order valence-corrected chi connectivity index (χ0v) is 12.6. The van der Waals surface area contributed by atoms with Crippen LogP contribution in [0.2, 0.25) is 0 Å². The van der Waals surface area contributed by atoms with Crippen LogP contribution in [0.25, 0.3) is 0 Å². The first-order chi connectivity index (χ1) is 8.85. The SMILES string of the molecule is CCC(NC(=O)CC(C)(C)C)c1cccc(OC)c1. The molecular formula is C16H25NO2. The Hall–Kier alpha value is -1.51. The van der Waals surface area contributed by atoms with Crippen molar-refractivity contribution in [3.05, 3.63) is 29.8 Å². The van der Waals surface area contributed by atoms with Crippen LogP contribution in [0, 0.1) is 5.41 Å². The Labute approximate surface area is 116 Å². The molecule has 1 rings (SSSR count). The standard InChI is InChI=1S/C16H25NO2/c1-6-14(17-15(18)11-16(2,3)4)12-8-7-9-13(10-12)19-5/h7-10,14H,6,11H2,1-5H3,(H,17,18). The van der Waals surface area contributed by atoms with Gasteiger partial charge in [0, 0.05) is 6.42 Å². The molecule has 0 aliphatic heterocycles. The second kappa shape index (κ2) is 6.60. The first kappa shape index (κ1) is 15.5. The summed E-state index contributed by atoms with van der Waals surface area (Å²) in [5.74, 6) is 0.920. The molecule has 106 valence electrons. The topological polar surface area (TPSA) is 38.3 Å². The smallest absolute Gasteiger partial charge is 0.221 e. The van der Waals surface area contributed by atoms with E-state index in [9.17, 15) is 4.79 Å². The summed E-state index contributed by atoms with van der Waals surface area (Å²) in [6, 6.07) is 7.91. The van der Waals surface area contributed by atoms with Crippen molar-refractivity contribution in [2.24, 2.45) is 5.41 Å². The molecule has 1 aromatic rings. The second-order valence-corrected chi connectivity index (χ2v) is 6.04. The van der Waals surface area contributed by atoms with Crippen LogP contribution in [0.4, 0.5) is 0 Å². The number of carbonyl (C=O) groups is 1. The lowest BCUT2D eigenvalue weighted by Crippen LogP contribution is -2.31. The van der Waals surface area contributed by atoms with Crippen LogP contribution >= 0.6 is 0 Å². The van der Waals surface area contributed by atoms with Gasteiger partial charge in [0.25, 0.3) is 0 Å². The molecule has 1 unspecified atom stereocenters. The van der Waals surface area contributed by atoms with Crippen LogP contribution in [0.5, 0.6) is 5.75 Å². The molecule has 0 spiro atoms. The molecule has 0 fully saturated rings. The van der Waals surface area contributed by atoms with Gasteiger partial charge in [0.1, 0.15) is 5.75 Å². The highest BCUT2D eigenvalue weighted by molar-refractivity contribution is 5.77. The van der Waals surface area contributed by atoms with Gasteiger partial charge < -0.3 is 10.1 Å². The van der Waals surface area contributed by atoms with Gasteiger partial charge in [0.05, 0.1) is 13.2 Å². The number of carbonyl (C=O) groups excluding carboxylic acids is 1. The van der Waals surface area contributed by atoms with E-state index in [0.29, 0.717) is 6.42 Å². The zero-order chi connectivity index (χ0) is 14.5. The molecule has 0 bridgehead atoms. The molecule has 0 radical (unpaired) electrons. The fraction of sp³-hybridized carbons (Fsp3) is 0.562. The maximum atomic E-state index is 12.0. The second-order valence-electron chi connectivity index (χ2n) is 6.04. The van der Waals surface area contributed by atoms with Crippen molar-refractivity contribution < 1.29 is 9.53 Å². The first-order valence-corrected chi connectivity index (χ1v) is 6.79. The van der Waals surface area contributed by atoms with Crippen LogP contribution in [0.1, 0.15) is 52.1 Å². The summed E-state index contributed by atoms with van der Waals surface area (Å²) in [6.07, 6.45) is 1.40. The number of ether oxygens (including phenoxy) is 1. The van der Waals surface area contributed by atoms with Crippen molar-refractivity contribution in [2.45, 2.75) is 46.6 Å². The van der Waals surface area contributed by atoms with E-state index in [4.69, 9.17) is 4.74 Å². The lowest BCUT2D eigenvalue weighted by Gasteiger charge is -2.22. The van der Waals surface area contributed by atoms with Crippen molar-refractivity contribution >= 4 is 5.91 Å². The van der Waals surface area contributed by atoms with E-state index in [1.54, 1.807) is 7.11 Å². The highest BCUT2D eigenvalue weighted by atomic mass is 16.5. The molecule has 19 heavy (non-hydrogen) atoms. The Bertz CT molecular complexity index is 421. The van der Waals surface area contributed by atoms with Gasteiger partial charge in [0.2, 0.25) is 5.91 Å². The minimum absolute atomic E-state index is 0.0107. The molecule has 1 atom stereocenters. The number of benzene rings is 1. The molecule has 0 saturated carbocycles. The highest BCUT2D eigenvalue weighted by Gasteiger charge is 2.19. The predicted octanol–water partition coefficient (Wildman–Crippen LogP) is 3.70. The van der Waals surface area contributed by atoms with Crippen molar-refractivity contribution in [3.63, 3.8) is 0 Å². The Morgan fingerprint density at radius 3 is 2.58 bits per heavy atom. The maximum absolute atomic E-state index is 12.0. The predicted molar refractivity (Wildman–Crippen MR) is 78.2 cm³/mol. The van der Waals surface area contributed by atoms with Crippen molar-refractivity contribution in [2.75, 3.05) is 7.11 Å². The summed E-state index contributed by atoms with van der Waals surface area (Å²) in [7, 11) is 1.65. The van der Waals surface area contributed by atoms with E-state index in [1.165, 1.54) is 0 Å². The third-order valence-electron chi connectivity index (χ3n) is 2.93. The average Bonchev–Trinajstić information content (AvgIpc) is 2.34. The summed E-state index contributed by atoms with van der Waals surface area (Å²) in [5, 5.41) is 3.10. The lowest BCUT2D eigenvalue weighted by atomic mass is 9.91. The van der Waals surface area contributed by atoms with Crippen LogP contribution < -0.4 is 10.1 Å². The minimum Gasteiger partial charge on any atom is -0.497 e. The number of nitrogens with one attached hydrogen (secondary N) is 1. The van der Waals surface area contributed by atoms with E-state index in [1.807, 2.05) is 24.3 Å². The Balaban J connectivity index is 2.75. The number of hydrogen-bond acceptors (Lipinski definition) is 2. The van der Waals surface area contributed by atoms with E-state index in [0.717, 1.165) is 17.7 Å². The van der Waals surface area contributed by atoms with Crippen LogP contribution in [0.15, 0.2) is 24.3 Å². The third kappa shape index (κ3) is 5.33. The van der Waals surface area contributed by atoms with Crippen LogP contribution in [-0.2, 0) is 4.79 Å². The monoisotopic (exact) mass is 263 g/mol. The van der Waals surface area contributed by atoms with E-state index >= 15 is 0 Å². The molecule has 0 aromatic heterocycles. The molecule has 0 aliphatic carbocycles. The number of methoxy groups -OCH3 is 1. The normalized spacial score (nSPS) is 12.9. The minimum atomic E-state index is 0.0107. The number of hydrogen-bond donors (Lipinski definition) is 1. The Morgan fingerprint density at radius 1 is 1.37 bits per heavy atom. The maximum Gasteiger partial charge on any atom is 0.221 e. The molecule has 3 heteroatoms. The lowest BCUT2D eigenvalue weighted by molar-refractivity contribution is -0.123. The van der Waals surface area contributed by atoms with Gasteiger partial charge in [-0.25, -0.2) is 0 Å². The summed E-state index contributed by atoms with van der Waals surface area (Å²) < 4.78 is 5.22. The molecule has 1 N–H and O–H groups in total. The quantitative estimate of drug-likeness (QED) is 0.879. The average molecular weight is 263 g/mol. The fourth-order valence-electron chi connectivity index (χ4n) is 2.01. The molecule has 1 aromatic carbocycles. The van der Waals surface area contributed by atoms with Gasteiger partial charge in [-0.3, -0.25) is 4.79 Å². The third-order valence-corrected chi connectivity index (χ3v) is 2.93. The number of amides is 1. The first-order valence-electron chi connectivity index (χ1n) is 6.79. The van der Waals surface area contributed by atoms with E-state index < -0.39 is 0 Å². The van der Waals surface area contributed by atoms with Crippen molar-refractivity contribution in [1.29, 1.82) is 0 Å². The molecule has 1 amide bonds. The largest absolute Gasteiger partial charge is 0.497 e. The van der Waals surface area contributed by atoms with Crippen LogP contribution in [0.3, 0.4) is 0 Å². The van der Waals surface area contributed by atoms with Crippen LogP contribution in [-0.4, -0.2) is 13.0 Å². The molecule has 0 heterocycles. The summed E-state index contributed by atoms with van der Waals surface area (Å²) >= 11 is 0. The highest BCUT2D eigenvalue weighted by Crippen LogP contribution is 2.23. The summed E-state index contributed by atoms with van der Waals surface area (Å²) in [6.45, 7) is 8.28. The molecular weight excluding hydrogens is 238 g/mol. The van der Waals surface area contributed by atoms with E-state index in [-0.39, 0.29) is 17.4 Å². The Kier molecular flexibility index (Phi) is 5.40. The van der Waals surface area contributed by atoms with Gasteiger partial charge >= 0.3 is 0 Å². The Morgan fingerprint density at radius 2 is 2.05 bits per heavy atom. The van der Waals surface area contributed by atoms with Gasteiger partial charge in [-0.2, -0.15) is 0 Å². The molecule has 0 aliphatic rings. The fourth-order valence-corrected chi connectivity index (χ4v) is 2.01. The molecule has 0 saturated heterocycles. The van der Waals surface area contributed by atoms with Gasteiger partial charge in [-0.15, -0.1) is 0 Å². The van der Waals surface area contributed by atoms with E-state index in [2.05, 4.69) is 33.0 Å². The van der Waals surface area contributed by atoms with Gasteiger partial charge in [-0.05, 0) is 29.5 Å². The zero-order valence-electron chi connectivity index (χ0n) is 12.6. The van der Waals surface area contributed by atoms with Crippen molar-refractivity contribution in [3.8, 4) is 5.75 Å². The van der Waals surface area contributed by atoms with Crippen molar-refractivity contribution in [1.82, 2.24) is 5.32 Å². The summed E-state index contributed by atoms with van der Waals surface area (Å²) in [4.78, 5) is 12.0. The molecule has 3 nitrogen and oxygen atoms in total. The summed E-state index contributed by atoms with van der Waals surface area (Å²) in [5.41, 5.74) is 1.10. The number of rotatable bonds is 5. The van der Waals surface area contributed by atoms with Gasteiger partial charge in [0.15, 0.2) is 0 Å².